The molecule has 2 heteroatoms. The van der Waals surface area contributed by atoms with E-state index >= 15 is 0 Å². The summed E-state index contributed by atoms with van der Waals surface area (Å²) in [7, 11) is 1.68. The molecule has 0 aliphatic carbocycles. The molecule has 0 amide bonds. The second-order valence-corrected chi connectivity index (χ2v) is 3.25. The van der Waals surface area contributed by atoms with Crippen molar-refractivity contribution in [2.45, 2.75) is 32.8 Å². The summed E-state index contributed by atoms with van der Waals surface area (Å²) in [5, 5.41) is 10.2. The van der Waals surface area contributed by atoms with Gasteiger partial charge < -0.3 is 5.11 Å². The molecule has 0 heterocycles. The van der Waals surface area contributed by atoms with E-state index in [9.17, 15) is 5.11 Å². The molecule has 0 saturated heterocycles. The molecule has 0 aromatic heterocycles. The second-order valence-electron chi connectivity index (χ2n) is 3.25. The van der Waals surface area contributed by atoms with Crippen molar-refractivity contribution < 1.29 is 5.11 Å². The smallest absolute Gasteiger partial charge is 0.108 e. The van der Waals surface area contributed by atoms with Crippen molar-refractivity contribution in [3.63, 3.8) is 0 Å². The Hall–Kier alpha value is -0.630. The van der Waals surface area contributed by atoms with Crippen LogP contribution in [0, 0.1) is 5.92 Å². The topological polar surface area (TPSA) is 32.6 Å². The van der Waals surface area contributed by atoms with Crippen LogP contribution in [0.1, 0.15) is 27.2 Å². The number of nitrogens with zero attached hydrogens (tertiary/aromatic N) is 1. The molecule has 0 rings (SSSR count). The molecule has 2 nitrogen and oxygen atoms in total. The molecule has 0 fully saturated rings. The highest BCUT2D eigenvalue weighted by Crippen LogP contribution is 2.23. The van der Waals surface area contributed by atoms with Gasteiger partial charge in [-0.05, 0) is 18.4 Å². The normalized spacial score (nSPS) is 17.7. The summed E-state index contributed by atoms with van der Waals surface area (Å²) in [5.74, 6) is 0.166. The third-order valence-corrected chi connectivity index (χ3v) is 2.37. The van der Waals surface area contributed by atoms with Gasteiger partial charge in [0.05, 0.1) is 5.71 Å². The lowest BCUT2D eigenvalue weighted by molar-refractivity contribution is 0.0607. The number of aliphatic hydroxyl groups is 1. The summed E-state index contributed by atoms with van der Waals surface area (Å²) in [4.78, 5) is 4.02. The molecule has 0 aromatic carbocycles. The van der Waals surface area contributed by atoms with Crippen LogP contribution >= 0.6 is 0 Å². The highest BCUT2D eigenvalue weighted by atomic mass is 16.3. The summed E-state index contributed by atoms with van der Waals surface area (Å²) in [6.45, 7) is 9.56. The maximum Gasteiger partial charge on any atom is 0.108 e. The molecule has 0 aromatic rings. The van der Waals surface area contributed by atoms with Gasteiger partial charge in [-0.25, -0.2) is 0 Å². The summed E-state index contributed by atoms with van der Waals surface area (Å²) in [6, 6.07) is 0. The third kappa shape index (κ3) is 1.95. The number of hydrogen-bond donors (Lipinski definition) is 1. The van der Waals surface area contributed by atoms with Crippen LogP contribution in [-0.4, -0.2) is 23.5 Å². The third-order valence-electron chi connectivity index (χ3n) is 2.37. The van der Waals surface area contributed by atoms with Crippen molar-refractivity contribution in [2.24, 2.45) is 10.9 Å². The fourth-order valence-electron chi connectivity index (χ4n) is 1.35. The first-order valence-corrected chi connectivity index (χ1v) is 4.35. The van der Waals surface area contributed by atoms with Crippen molar-refractivity contribution in [1.29, 1.82) is 0 Å². The average Bonchev–Trinajstić information content (AvgIpc) is 2.05. The van der Waals surface area contributed by atoms with E-state index in [0.717, 1.165) is 0 Å². The first kappa shape index (κ1) is 11.4. The van der Waals surface area contributed by atoms with E-state index in [1.165, 1.54) is 0 Å². The van der Waals surface area contributed by atoms with E-state index in [-0.39, 0.29) is 5.92 Å². The first-order chi connectivity index (χ1) is 5.52. The van der Waals surface area contributed by atoms with Gasteiger partial charge in [0, 0.05) is 7.05 Å². The number of rotatable bonds is 4. The fourth-order valence-corrected chi connectivity index (χ4v) is 1.35. The monoisotopic (exact) mass is 169 g/mol. The van der Waals surface area contributed by atoms with E-state index in [1.807, 2.05) is 20.8 Å². The van der Waals surface area contributed by atoms with Gasteiger partial charge in [-0.1, -0.05) is 27.4 Å². The van der Waals surface area contributed by atoms with Crippen molar-refractivity contribution in [3.8, 4) is 0 Å². The maximum atomic E-state index is 10.2. The van der Waals surface area contributed by atoms with E-state index in [4.69, 9.17) is 0 Å². The highest BCUT2D eigenvalue weighted by Gasteiger charge is 2.32. The molecular weight excluding hydrogens is 150 g/mol. The Kier molecular flexibility index (Phi) is 4.18. The predicted molar refractivity (Wildman–Crippen MR) is 53.6 cm³/mol. The minimum atomic E-state index is -0.809. The quantitative estimate of drug-likeness (QED) is 0.642. The Balaban J connectivity index is 4.85. The molecule has 0 aliphatic rings. The molecule has 0 saturated carbocycles. The lowest BCUT2D eigenvalue weighted by Crippen LogP contribution is -2.42. The van der Waals surface area contributed by atoms with E-state index in [0.29, 0.717) is 12.1 Å². The zero-order chi connectivity index (χ0) is 9.78. The summed E-state index contributed by atoms with van der Waals surface area (Å²) in [5.41, 5.74) is -0.128. The largest absolute Gasteiger partial charge is 0.383 e. The molecule has 0 radical (unpaired) electrons. The van der Waals surface area contributed by atoms with E-state index in [2.05, 4.69) is 11.6 Å². The molecule has 70 valence electrons. The summed E-state index contributed by atoms with van der Waals surface area (Å²) >= 11 is 0. The van der Waals surface area contributed by atoms with E-state index < -0.39 is 5.60 Å². The van der Waals surface area contributed by atoms with E-state index in [1.54, 1.807) is 13.1 Å². The van der Waals surface area contributed by atoms with Crippen molar-refractivity contribution in [1.82, 2.24) is 0 Å². The standard InChI is InChI=1S/C10H19NO/c1-6-9(11-5)10(12,7-2)8(3)4/h6,8,12H,1,7H2,2-5H3. The SMILES string of the molecule is C=CC(=NC)C(O)(CC)C(C)C. The molecule has 1 atom stereocenters. The molecule has 12 heavy (non-hydrogen) atoms. The zero-order valence-corrected chi connectivity index (χ0v) is 8.46. The lowest BCUT2D eigenvalue weighted by atomic mass is 9.83. The Labute approximate surface area is 75.0 Å². The Morgan fingerprint density at radius 2 is 2.17 bits per heavy atom. The van der Waals surface area contributed by atoms with Gasteiger partial charge in [0.25, 0.3) is 0 Å². The number of hydrogen-bond acceptors (Lipinski definition) is 2. The molecular formula is C10H19NO. The zero-order valence-electron chi connectivity index (χ0n) is 8.46. The molecule has 1 unspecified atom stereocenters. The van der Waals surface area contributed by atoms with Gasteiger partial charge in [0.1, 0.15) is 5.60 Å². The maximum absolute atomic E-state index is 10.2. The minimum Gasteiger partial charge on any atom is -0.383 e. The van der Waals surface area contributed by atoms with Gasteiger partial charge in [-0.3, -0.25) is 4.99 Å². The lowest BCUT2D eigenvalue weighted by Gasteiger charge is -2.31. The Morgan fingerprint density at radius 1 is 1.67 bits per heavy atom. The van der Waals surface area contributed by atoms with Crippen LogP contribution in [0.5, 0.6) is 0 Å². The second kappa shape index (κ2) is 4.41. The van der Waals surface area contributed by atoms with Crippen LogP contribution in [0.3, 0.4) is 0 Å². The minimum absolute atomic E-state index is 0.166. The first-order valence-electron chi connectivity index (χ1n) is 4.35. The highest BCUT2D eigenvalue weighted by molar-refractivity contribution is 6.01. The van der Waals surface area contributed by atoms with Gasteiger partial charge in [-0.2, -0.15) is 0 Å². The van der Waals surface area contributed by atoms with Crippen LogP contribution in [0.25, 0.3) is 0 Å². The van der Waals surface area contributed by atoms with Crippen molar-refractivity contribution in [2.75, 3.05) is 7.05 Å². The van der Waals surface area contributed by atoms with Crippen LogP contribution in [0.4, 0.5) is 0 Å². The molecule has 0 spiro atoms. The summed E-state index contributed by atoms with van der Waals surface area (Å²) in [6.07, 6.45) is 2.30. The molecule has 0 bridgehead atoms. The van der Waals surface area contributed by atoms with Gasteiger partial charge >= 0.3 is 0 Å². The molecule has 1 N–H and O–H groups in total. The summed E-state index contributed by atoms with van der Waals surface area (Å²) < 4.78 is 0. The van der Waals surface area contributed by atoms with Crippen molar-refractivity contribution in [3.05, 3.63) is 12.7 Å². The Bertz CT molecular complexity index is 184. The number of aliphatic imine (C=N–C) groups is 1. The van der Waals surface area contributed by atoms with Crippen molar-refractivity contribution >= 4 is 5.71 Å². The van der Waals surface area contributed by atoms with Gasteiger partial charge in [0.15, 0.2) is 0 Å². The van der Waals surface area contributed by atoms with Crippen LogP contribution in [0.15, 0.2) is 17.6 Å². The van der Waals surface area contributed by atoms with Crippen LogP contribution < -0.4 is 0 Å². The average molecular weight is 169 g/mol. The fraction of sp³-hybridized carbons (Fsp3) is 0.700. The van der Waals surface area contributed by atoms with Crippen LogP contribution in [-0.2, 0) is 0 Å². The van der Waals surface area contributed by atoms with Crippen LogP contribution in [0.2, 0.25) is 0 Å². The van der Waals surface area contributed by atoms with Gasteiger partial charge in [-0.15, -0.1) is 0 Å². The predicted octanol–water partition coefficient (Wildman–Crippen LogP) is 2.04. The molecule has 0 aliphatic heterocycles. The van der Waals surface area contributed by atoms with Gasteiger partial charge in [0.2, 0.25) is 0 Å². The Morgan fingerprint density at radius 3 is 2.25 bits per heavy atom.